The Kier molecular flexibility index (Phi) is 36.2. The predicted octanol–water partition coefficient (Wildman–Crippen LogP) is 8.28. The summed E-state index contributed by atoms with van der Waals surface area (Å²) in [5.74, 6) is 1.33. The highest BCUT2D eigenvalue weighted by atomic mass is 32.2. The Hall–Kier alpha value is -0.440. The fourth-order valence-corrected chi connectivity index (χ4v) is 5.06. The van der Waals surface area contributed by atoms with Crippen LogP contribution in [0.25, 0.3) is 0 Å². The molecule has 40 heavy (non-hydrogen) atoms. The minimum absolute atomic E-state index is 0.231. The lowest BCUT2D eigenvalue weighted by molar-refractivity contribution is -0.146. The van der Waals surface area contributed by atoms with Gasteiger partial charge >= 0.3 is 11.9 Å². The van der Waals surface area contributed by atoms with Gasteiger partial charge in [-0.1, -0.05) is 117 Å². The predicted molar refractivity (Wildman–Crippen MR) is 178 cm³/mol. The first-order valence-corrected chi connectivity index (χ1v) is 19.1. The summed E-state index contributed by atoms with van der Waals surface area (Å²) in [6.45, 7) is 5.37. The maximum atomic E-state index is 11.7. The third kappa shape index (κ3) is 32.1. The van der Waals surface area contributed by atoms with Crippen LogP contribution in [-0.2, 0) is 19.1 Å². The molecule has 6 nitrogen and oxygen atoms in total. The van der Waals surface area contributed by atoms with Crippen LogP contribution in [0.3, 0.4) is 0 Å². The molecule has 0 unspecified atom stereocenters. The van der Waals surface area contributed by atoms with Crippen LogP contribution in [0.1, 0.15) is 142 Å². The van der Waals surface area contributed by atoms with Gasteiger partial charge in [0.2, 0.25) is 0 Å². The Balaban J connectivity index is 0. The minimum Gasteiger partial charge on any atom is -0.465 e. The summed E-state index contributed by atoms with van der Waals surface area (Å²) >= 11 is 3.40. The summed E-state index contributed by atoms with van der Waals surface area (Å²) < 4.78 is 10.2. The van der Waals surface area contributed by atoms with E-state index in [1.54, 1.807) is 23.5 Å². The largest absolute Gasteiger partial charge is 0.465 e. The SMILES string of the molecule is CCCCCCCCCCCCCCCCCCOC(=O)[C@@H](N)CCSC.CCCCOC(=O)[C@@H](N)CCSC. The van der Waals surface area contributed by atoms with E-state index in [0.29, 0.717) is 26.1 Å². The second-order valence-corrected chi connectivity index (χ2v) is 12.7. The Morgan fingerprint density at radius 1 is 0.525 bits per heavy atom. The average molecular weight is 607 g/mol. The zero-order chi connectivity index (χ0) is 30.1. The van der Waals surface area contributed by atoms with E-state index in [4.69, 9.17) is 20.9 Å². The molecule has 0 aromatic carbocycles. The fraction of sp³-hybridized carbons (Fsp3) is 0.938. The van der Waals surface area contributed by atoms with Crippen molar-refractivity contribution in [2.75, 3.05) is 37.2 Å². The van der Waals surface area contributed by atoms with Crippen molar-refractivity contribution < 1.29 is 19.1 Å². The highest BCUT2D eigenvalue weighted by molar-refractivity contribution is 7.98. The molecular formula is C32H66N2O4S2. The number of esters is 2. The number of ether oxygens (including phenoxy) is 2. The first-order chi connectivity index (χ1) is 19.4. The van der Waals surface area contributed by atoms with Gasteiger partial charge in [0.1, 0.15) is 12.1 Å². The van der Waals surface area contributed by atoms with Gasteiger partial charge in [-0.3, -0.25) is 9.59 Å². The molecule has 0 aliphatic heterocycles. The monoisotopic (exact) mass is 606 g/mol. The lowest BCUT2D eigenvalue weighted by atomic mass is 10.0. The number of thioether (sulfide) groups is 2. The number of rotatable bonds is 28. The van der Waals surface area contributed by atoms with E-state index in [1.807, 2.05) is 12.5 Å². The second-order valence-electron chi connectivity index (χ2n) is 10.8. The molecule has 0 aromatic heterocycles. The first-order valence-electron chi connectivity index (χ1n) is 16.3. The van der Waals surface area contributed by atoms with Gasteiger partial charge in [-0.25, -0.2) is 0 Å². The lowest BCUT2D eigenvalue weighted by Crippen LogP contribution is -2.33. The van der Waals surface area contributed by atoms with Crippen molar-refractivity contribution >= 4 is 35.5 Å². The molecule has 0 fully saturated rings. The molecular weight excluding hydrogens is 540 g/mol. The molecule has 0 rings (SSSR count). The highest BCUT2D eigenvalue weighted by Crippen LogP contribution is 2.14. The van der Waals surface area contributed by atoms with Crippen molar-refractivity contribution in [2.24, 2.45) is 11.5 Å². The normalized spacial score (nSPS) is 12.3. The van der Waals surface area contributed by atoms with Crippen LogP contribution in [0.5, 0.6) is 0 Å². The number of nitrogens with two attached hydrogens (primary N) is 2. The van der Waals surface area contributed by atoms with E-state index in [0.717, 1.165) is 37.2 Å². The molecule has 0 saturated heterocycles. The van der Waals surface area contributed by atoms with Gasteiger partial charge in [-0.15, -0.1) is 0 Å². The molecule has 2 atom stereocenters. The summed E-state index contributed by atoms with van der Waals surface area (Å²) in [4.78, 5) is 22.8. The molecule has 0 amide bonds. The molecule has 0 heterocycles. The first kappa shape index (κ1) is 41.7. The van der Waals surface area contributed by atoms with E-state index in [2.05, 4.69) is 13.8 Å². The van der Waals surface area contributed by atoms with E-state index in [-0.39, 0.29) is 11.9 Å². The summed E-state index contributed by atoms with van der Waals surface area (Å²) in [6.07, 6.45) is 29.0. The van der Waals surface area contributed by atoms with Crippen LogP contribution in [0.4, 0.5) is 0 Å². The van der Waals surface area contributed by atoms with E-state index >= 15 is 0 Å². The van der Waals surface area contributed by atoms with Crippen molar-refractivity contribution in [3.8, 4) is 0 Å². The Morgan fingerprint density at radius 3 is 1.15 bits per heavy atom. The minimum atomic E-state index is -0.446. The molecule has 0 aromatic rings. The highest BCUT2D eigenvalue weighted by Gasteiger charge is 2.14. The fourth-order valence-electron chi connectivity index (χ4n) is 4.08. The van der Waals surface area contributed by atoms with Crippen LogP contribution in [0.2, 0.25) is 0 Å². The molecule has 0 aliphatic carbocycles. The Labute approximate surface area is 257 Å². The van der Waals surface area contributed by atoms with Gasteiger partial charge in [0.15, 0.2) is 0 Å². The van der Waals surface area contributed by atoms with E-state index < -0.39 is 12.1 Å². The number of unbranched alkanes of at least 4 members (excludes halogenated alkanes) is 16. The molecule has 0 aliphatic rings. The number of hydrogen-bond acceptors (Lipinski definition) is 8. The van der Waals surface area contributed by atoms with Crippen LogP contribution < -0.4 is 11.5 Å². The Bertz CT molecular complexity index is 541. The van der Waals surface area contributed by atoms with E-state index in [1.165, 1.54) is 89.9 Å². The van der Waals surface area contributed by atoms with E-state index in [9.17, 15) is 9.59 Å². The molecule has 8 heteroatoms. The molecule has 0 bridgehead atoms. The van der Waals surface area contributed by atoms with Crippen molar-refractivity contribution in [3.05, 3.63) is 0 Å². The van der Waals surface area contributed by atoms with Gasteiger partial charge in [0.05, 0.1) is 13.2 Å². The maximum Gasteiger partial charge on any atom is 0.322 e. The van der Waals surface area contributed by atoms with Gasteiger partial charge in [0, 0.05) is 0 Å². The van der Waals surface area contributed by atoms with Crippen molar-refractivity contribution in [3.63, 3.8) is 0 Å². The summed E-state index contributed by atoms with van der Waals surface area (Å²) in [5, 5.41) is 0. The van der Waals surface area contributed by atoms with Gasteiger partial charge < -0.3 is 20.9 Å². The molecule has 240 valence electrons. The van der Waals surface area contributed by atoms with Crippen LogP contribution in [0.15, 0.2) is 0 Å². The molecule has 0 saturated carbocycles. The lowest BCUT2D eigenvalue weighted by Gasteiger charge is -2.10. The number of hydrogen-bond donors (Lipinski definition) is 2. The summed E-state index contributed by atoms with van der Waals surface area (Å²) in [7, 11) is 0. The topological polar surface area (TPSA) is 105 Å². The number of carbonyl (C=O) groups excluding carboxylic acids is 2. The van der Waals surface area contributed by atoms with Crippen LogP contribution in [0, 0.1) is 0 Å². The van der Waals surface area contributed by atoms with Crippen molar-refractivity contribution in [1.82, 2.24) is 0 Å². The van der Waals surface area contributed by atoms with Crippen molar-refractivity contribution in [1.29, 1.82) is 0 Å². The smallest absolute Gasteiger partial charge is 0.322 e. The standard InChI is InChI=1S/C23H47NO2S.C9H19NO2S/c1-3-4-5-6-7-8-9-10-11-12-13-14-15-16-17-18-20-26-23(25)22(24)19-21-27-2;1-3-4-6-12-9(11)8(10)5-7-13-2/h22H,3-21,24H2,1-2H3;8H,3-7,10H2,1-2H3/t22-;8-/m00/s1. The van der Waals surface area contributed by atoms with Crippen LogP contribution >= 0.6 is 23.5 Å². The maximum absolute atomic E-state index is 11.7. The average Bonchev–Trinajstić information content (AvgIpc) is 2.96. The summed E-state index contributed by atoms with van der Waals surface area (Å²) in [6, 6.07) is -0.886. The molecule has 0 spiro atoms. The van der Waals surface area contributed by atoms with Crippen molar-refractivity contribution in [2.45, 2.75) is 154 Å². The zero-order valence-electron chi connectivity index (χ0n) is 26.7. The van der Waals surface area contributed by atoms with Gasteiger partial charge in [-0.05, 0) is 49.7 Å². The quantitative estimate of drug-likeness (QED) is 0.0677. The second kappa shape index (κ2) is 34.8. The van der Waals surface area contributed by atoms with Gasteiger partial charge in [-0.2, -0.15) is 23.5 Å². The third-order valence-corrected chi connectivity index (χ3v) is 8.14. The van der Waals surface area contributed by atoms with Crippen LogP contribution in [-0.4, -0.2) is 61.3 Å². The molecule has 4 N–H and O–H groups in total. The molecule has 0 radical (unpaired) electrons. The number of carbonyl (C=O) groups is 2. The van der Waals surface area contributed by atoms with Gasteiger partial charge in [0.25, 0.3) is 0 Å². The summed E-state index contributed by atoms with van der Waals surface area (Å²) in [5.41, 5.74) is 11.4. The third-order valence-electron chi connectivity index (χ3n) is 6.86. The zero-order valence-corrected chi connectivity index (χ0v) is 28.4. The Morgan fingerprint density at radius 2 is 0.825 bits per heavy atom.